The summed E-state index contributed by atoms with van der Waals surface area (Å²) in [4.78, 5) is 34.6. The minimum Gasteiger partial charge on any atom is -0.351 e. The van der Waals surface area contributed by atoms with E-state index in [1.807, 2.05) is 23.2 Å². The molecule has 2 fully saturated rings. The van der Waals surface area contributed by atoms with Crippen LogP contribution < -0.4 is 15.4 Å². The minimum absolute atomic E-state index is 0.0378. The zero-order valence-corrected chi connectivity index (χ0v) is 21.2. The summed E-state index contributed by atoms with van der Waals surface area (Å²) in [5, 5.41) is 0. The number of hydrogen-bond donors (Lipinski definition) is 0. The Morgan fingerprint density at radius 3 is 2.40 bits per heavy atom. The second-order valence-corrected chi connectivity index (χ2v) is 10.2. The van der Waals surface area contributed by atoms with Gasteiger partial charge >= 0.3 is 0 Å². The van der Waals surface area contributed by atoms with Gasteiger partial charge in [-0.25, -0.2) is 0 Å². The standard InChI is InChI=1S/C28H37N5O2/c1-4-5-6-7-16-31-24(22-12-14-23(15-13-22)30-17-8-9-26(30)34)19-32-27(35)18-25(29-28(31)32)33-20(2)10-11-21(33)3/h12-15,18-21H,4-11,16-17H2,1-3H3. The molecular weight excluding hydrogens is 438 g/mol. The van der Waals surface area contributed by atoms with Crippen molar-refractivity contribution in [2.45, 2.75) is 90.8 Å². The molecule has 1 amide bonds. The number of imidazole rings is 1. The van der Waals surface area contributed by atoms with Crippen molar-refractivity contribution in [3.8, 4) is 11.3 Å². The molecule has 2 atom stereocenters. The van der Waals surface area contributed by atoms with E-state index in [9.17, 15) is 9.59 Å². The van der Waals surface area contributed by atoms with Gasteiger partial charge in [-0.3, -0.25) is 14.0 Å². The van der Waals surface area contributed by atoms with Gasteiger partial charge in [0, 0.05) is 49.5 Å². The lowest BCUT2D eigenvalue weighted by atomic mass is 10.1. The summed E-state index contributed by atoms with van der Waals surface area (Å²) in [7, 11) is 0. The highest BCUT2D eigenvalue weighted by Crippen LogP contribution is 2.31. The van der Waals surface area contributed by atoms with Crippen LogP contribution in [0.1, 0.15) is 72.1 Å². The number of aromatic nitrogens is 3. The van der Waals surface area contributed by atoms with E-state index in [0.29, 0.717) is 24.3 Å². The number of unbranched alkanes of at least 4 members (excludes halogenated alkanes) is 3. The van der Waals surface area contributed by atoms with Gasteiger partial charge in [0.2, 0.25) is 11.7 Å². The summed E-state index contributed by atoms with van der Waals surface area (Å²) >= 11 is 0. The SMILES string of the molecule is CCCCCCn1c(-c2ccc(N3CCCC3=O)cc2)cn2c(=O)cc(N3C(C)CCC3C)nc12. The predicted octanol–water partition coefficient (Wildman–Crippen LogP) is 5.25. The molecule has 2 aliphatic heterocycles. The second kappa shape index (κ2) is 9.88. The molecule has 3 aromatic rings. The summed E-state index contributed by atoms with van der Waals surface area (Å²) in [6.07, 6.45) is 10.3. The maximum absolute atomic E-state index is 13.2. The zero-order chi connectivity index (χ0) is 24.5. The lowest BCUT2D eigenvalue weighted by molar-refractivity contribution is -0.117. The third-order valence-electron chi connectivity index (χ3n) is 7.70. The lowest BCUT2D eigenvalue weighted by Crippen LogP contribution is -2.34. The van der Waals surface area contributed by atoms with Crippen molar-refractivity contribution < 1.29 is 4.79 Å². The number of benzene rings is 1. The molecular formula is C28H37N5O2. The first kappa shape index (κ1) is 23.6. The number of anilines is 2. The molecule has 35 heavy (non-hydrogen) atoms. The van der Waals surface area contributed by atoms with Gasteiger partial charge in [-0.15, -0.1) is 0 Å². The highest BCUT2D eigenvalue weighted by Gasteiger charge is 2.29. The van der Waals surface area contributed by atoms with Crippen LogP contribution in [0.2, 0.25) is 0 Å². The molecule has 0 N–H and O–H groups in total. The Labute approximate surface area is 207 Å². The van der Waals surface area contributed by atoms with Crippen LogP contribution in [-0.2, 0) is 11.3 Å². The number of hydrogen-bond acceptors (Lipinski definition) is 4. The first-order chi connectivity index (χ1) is 17.0. The minimum atomic E-state index is -0.0378. The molecule has 2 aromatic heterocycles. The monoisotopic (exact) mass is 475 g/mol. The Balaban J connectivity index is 1.56. The van der Waals surface area contributed by atoms with Crippen LogP contribution in [0.4, 0.5) is 11.5 Å². The van der Waals surface area contributed by atoms with Gasteiger partial charge in [0.1, 0.15) is 5.82 Å². The largest absolute Gasteiger partial charge is 0.351 e. The molecule has 186 valence electrons. The fourth-order valence-corrected chi connectivity index (χ4v) is 5.74. The van der Waals surface area contributed by atoms with Crippen molar-refractivity contribution in [1.29, 1.82) is 0 Å². The zero-order valence-electron chi connectivity index (χ0n) is 21.2. The Bertz CT molecular complexity index is 1250. The molecule has 1 aromatic carbocycles. The third-order valence-corrected chi connectivity index (χ3v) is 7.70. The number of fused-ring (bicyclic) bond motifs is 1. The topological polar surface area (TPSA) is 62.9 Å². The summed E-state index contributed by atoms with van der Waals surface area (Å²) in [5.41, 5.74) is 2.93. The van der Waals surface area contributed by atoms with E-state index in [4.69, 9.17) is 4.98 Å². The maximum atomic E-state index is 13.2. The fourth-order valence-electron chi connectivity index (χ4n) is 5.74. The molecule has 0 radical (unpaired) electrons. The van der Waals surface area contributed by atoms with Crippen molar-refractivity contribution in [1.82, 2.24) is 14.0 Å². The lowest BCUT2D eigenvalue weighted by Gasteiger charge is -2.27. The highest BCUT2D eigenvalue weighted by molar-refractivity contribution is 5.95. The Morgan fingerprint density at radius 1 is 1.00 bits per heavy atom. The smallest absolute Gasteiger partial charge is 0.261 e. The van der Waals surface area contributed by atoms with E-state index in [-0.39, 0.29) is 11.5 Å². The number of carbonyl (C=O) groups is 1. The fraction of sp³-hybridized carbons (Fsp3) is 0.536. The van der Waals surface area contributed by atoms with Crippen LogP contribution in [0, 0.1) is 0 Å². The van der Waals surface area contributed by atoms with Gasteiger partial charge in [-0.2, -0.15) is 4.98 Å². The molecule has 0 aliphatic carbocycles. The van der Waals surface area contributed by atoms with Crippen molar-refractivity contribution in [3.05, 3.63) is 46.9 Å². The van der Waals surface area contributed by atoms with E-state index in [2.05, 4.69) is 42.4 Å². The van der Waals surface area contributed by atoms with E-state index in [0.717, 1.165) is 68.0 Å². The van der Waals surface area contributed by atoms with Crippen LogP contribution in [0.3, 0.4) is 0 Å². The Kier molecular flexibility index (Phi) is 6.67. The highest BCUT2D eigenvalue weighted by atomic mass is 16.2. The number of amides is 1. The summed E-state index contributed by atoms with van der Waals surface area (Å²) in [6, 6.07) is 10.6. The van der Waals surface area contributed by atoms with Crippen molar-refractivity contribution >= 4 is 23.2 Å². The predicted molar refractivity (Wildman–Crippen MR) is 141 cm³/mol. The van der Waals surface area contributed by atoms with Gasteiger partial charge in [0.05, 0.1) is 5.69 Å². The molecule has 2 aliphatic rings. The van der Waals surface area contributed by atoms with E-state index in [1.165, 1.54) is 12.8 Å². The number of aryl methyl sites for hydroxylation is 1. The first-order valence-electron chi connectivity index (χ1n) is 13.3. The normalized spacial score (nSPS) is 20.5. The van der Waals surface area contributed by atoms with Crippen LogP contribution in [0.15, 0.2) is 41.3 Å². The van der Waals surface area contributed by atoms with Crippen molar-refractivity contribution in [2.75, 3.05) is 16.3 Å². The van der Waals surface area contributed by atoms with Gasteiger partial charge in [-0.1, -0.05) is 38.3 Å². The summed E-state index contributed by atoms with van der Waals surface area (Å²) in [6.45, 7) is 8.25. The number of nitrogens with zero attached hydrogens (tertiary/aromatic N) is 5. The van der Waals surface area contributed by atoms with Gasteiger partial charge in [-0.05, 0) is 57.2 Å². The molecule has 7 nitrogen and oxygen atoms in total. The molecule has 2 saturated heterocycles. The van der Waals surface area contributed by atoms with Crippen LogP contribution in [-0.4, -0.2) is 38.5 Å². The van der Waals surface area contributed by atoms with Crippen LogP contribution in [0.5, 0.6) is 0 Å². The second-order valence-electron chi connectivity index (χ2n) is 10.2. The molecule has 0 spiro atoms. The summed E-state index contributed by atoms with van der Waals surface area (Å²) in [5.74, 6) is 1.69. The van der Waals surface area contributed by atoms with E-state index >= 15 is 0 Å². The molecule has 7 heteroatoms. The summed E-state index contributed by atoms with van der Waals surface area (Å²) < 4.78 is 3.91. The molecule has 5 rings (SSSR count). The van der Waals surface area contributed by atoms with Gasteiger partial charge < -0.3 is 14.4 Å². The quantitative estimate of drug-likeness (QED) is 0.418. The molecule has 4 heterocycles. The van der Waals surface area contributed by atoms with Crippen molar-refractivity contribution in [3.63, 3.8) is 0 Å². The van der Waals surface area contributed by atoms with Crippen LogP contribution >= 0.6 is 0 Å². The average Bonchev–Trinajstić information content (AvgIpc) is 3.54. The van der Waals surface area contributed by atoms with E-state index < -0.39 is 0 Å². The van der Waals surface area contributed by atoms with E-state index in [1.54, 1.807) is 10.5 Å². The molecule has 0 saturated carbocycles. The van der Waals surface area contributed by atoms with Gasteiger partial charge in [0.15, 0.2) is 0 Å². The Hall–Kier alpha value is -3.09. The van der Waals surface area contributed by atoms with Crippen molar-refractivity contribution in [2.24, 2.45) is 0 Å². The average molecular weight is 476 g/mol. The number of rotatable bonds is 8. The molecule has 0 bridgehead atoms. The Morgan fingerprint density at radius 2 is 1.74 bits per heavy atom. The maximum Gasteiger partial charge on any atom is 0.261 e. The van der Waals surface area contributed by atoms with Gasteiger partial charge in [0.25, 0.3) is 5.56 Å². The molecule has 2 unspecified atom stereocenters. The number of carbonyl (C=O) groups excluding carboxylic acids is 1. The third kappa shape index (κ3) is 4.48. The van der Waals surface area contributed by atoms with Crippen LogP contribution in [0.25, 0.3) is 17.0 Å². The first-order valence-corrected chi connectivity index (χ1v) is 13.3.